The number of rotatable bonds is 5. The van der Waals surface area contributed by atoms with E-state index in [2.05, 4.69) is 37.4 Å². The molecule has 0 bridgehead atoms. The van der Waals surface area contributed by atoms with E-state index in [9.17, 15) is 4.79 Å². The molecular formula is C20H30N2O2. The van der Waals surface area contributed by atoms with Crippen molar-refractivity contribution in [2.45, 2.75) is 51.6 Å². The number of ether oxygens (including phenoxy) is 1. The Labute approximate surface area is 145 Å². The van der Waals surface area contributed by atoms with Crippen LogP contribution >= 0.6 is 0 Å². The third-order valence-corrected chi connectivity index (χ3v) is 5.53. The Hall–Kier alpha value is -1.39. The van der Waals surface area contributed by atoms with Crippen molar-refractivity contribution in [2.24, 2.45) is 5.92 Å². The number of aryl methyl sites for hydroxylation is 1. The zero-order valence-electron chi connectivity index (χ0n) is 15.2. The molecule has 132 valence electrons. The van der Waals surface area contributed by atoms with Gasteiger partial charge < -0.3 is 15.0 Å². The molecule has 24 heavy (non-hydrogen) atoms. The van der Waals surface area contributed by atoms with Gasteiger partial charge in [-0.05, 0) is 43.2 Å². The minimum absolute atomic E-state index is 0.227. The zero-order chi connectivity index (χ0) is 17.1. The number of likely N-dealkylation sites (tertiary alicyclic amines) is 1. The maximum absolute atomic E-state index is 12.1. The first-order valence-corrected chi connectivity index (χ1v) is 9.20. The van der Waals surface area contributed by atoms with Crippen LogP contribution in [0.25, 0.3) is 0 Å². The van der Waals surface area contributed by atoms with Gasteiger partial charge in [0.15, 0.2) is 0 Å². The van der Waals surface area contributed by atoms with Crippen LogP contribution in [0.4, 0.5) is 0 Å². The summed E-state index contributed by atoms with van der Waals surface area (Å²) in [5.41, 5.74) is 4.33. The highest BCUT2D eigenvalue weighted by Crippen LogP contribution is 2.37. The van der Waals surface area contributed by atoms with Gasteiger partial charge in [0, 0.05) is 32.3 Å². The Bertz CT molecular complexity index is 579. The van der Waals surface area contributed by atoms with Gasteiger partial charge in [-0.1, -0.05) is 30.7 Å². The summed E-state index contributed by atoms with van der Waals surface area (Å²) in [6.45, 7) is 6.76. The maximum atomic E-state index is 12.1. The lowest BCUT2D eigenvalue weighted by molar-refractivity contribution is -0.133. The predicted molar refractivity (Wildman–Crippen MR) is 96.0 cm³/mol. The summed E-state index contributed by atoms with van der Waals surface area (Å²) in [5.74, 6) is 0.869. The molecule has 1 aliphatic heterocycles. The van der Waals surface area contributed by atoms with Gasteiger partial charge in [-0.2, -0.15) is 0 Å². The molecule has 1 amide bonds. The number of hydrogen-bond donors (Lipinski definition) is 1. The van der Waals surface area contributed by atoms with Crippen LogP contribution in [0.15, 0.2) is 18.2 Å². The quantitative estimate of drug-likeness (QED) is 0.903. The molecular weight excluding hydrogens is 300 g/mol. The molecule has 1 aliphatic carbocycles. The van der Waals surface area contributed by atoms with E-state index in [-0.39, 0.29) is 5.91 Å². The molecule has 1 heterocycles. The lowest BCUT2D eigenvalue weighted by Gasteiger charge is -2.35. The fraction of sp³-hybridized carbons (Fsp3) is 0.650. The average molecular weight is 330 g/mol. The number of fused-ring (bicyclic) bond motifs is 1. The number of methoxy groups -OCH3 is 1. The smallest absolute Gasteiger partial charge is 0.224 e. The molecule has 0 aromatic heterocycles. The number of benzene rings is 1. The molecule has 0 saturated carbocycles. The molecule has 2 aliphatic rings. The van der Waals surface area contributed by atoms with Crippen LogP contribution in [0.3, 0.4) is 0 Å². The molecule has 4 heteroatoms. The lowest BCUT2D eigenvalue weighted by Crippen LogP contribution is -2.46. The van der Waals surface area contributed by atoms with E-state index in [1.165, 1.54) is 23.1 Å². The molecule has 0 unspecified atom stereocenters. The van der Waals surface area contributed by atoms with Crippen molar-refractivity contribution in [3.63, 3.8) is 0 Å². The van der Waals surface area contributed by atoms with Gasteiger partial charge in [0.2, 0.25) is 5.91 Å². The Morgan fingerprint density at radius 1 is 1.33 bits per heavy atom. The number of piperidine rings is 1. The fourth-order valence-corrected chi connectivity index (χ4v) is 4.11. The summed E-state index contributed by atoms with van der Waals surface area (Å²) in [6, 6.07) is 7.83. The molecule has 1 N–H and O–H groups in total. The summed E-state index contributed by atoms with van der Waals surface area (Å²) in [5, 5.41) is 3.89. The lowest BCUT2D eigenvalue weighted by atomic mass is 9.97. The second-order valence-electron chi connectivity index (χ2n) is 7.43. The van der Waals surface area contributed by atoms with E-state index >= 15 is 0 Å². The van der Waals surface area contributed by atoms with Gasteiger partial charge in [0.25, 0.3) is 0 Å². The van der Waals surface area contributed by atoms with Gasteiger partial charge in [-0.15, -0.1) is 0 Å². The van der Waals surface area contributed by atoms with E-state index < -0.39 is 0 Å². The predicted octanol–water partition coefficient (Wildman–Crippen LogP) is 2.85. The summed E-state index contributed by atoms with van der Waals surface area (Å²) in [6.07, 6.45) is 3.76. The average Bonchev–Trinajstić information content (AvgIpc) is 2.88. The van der Waals surface area contributed by atoms with Crippen LogP contribution in [0.5, 0.6) is 0 Å². The van der Waals surface area contributed by atoms with Crippen LogP contribution in [0.2, 0.25) is 0 Å². The minimum atomic E-state index is 0.227. The first kappa shape index (κ1) is 17.4. The van der Waals surface area contributed by atoms with Gasteiger partial charge >= 0.3 is 0 Å². The molecule has 1 aromatic rings. The van der Waals surface area contributed by atoms with E-state index in [0.29, 0.717) is 31.0 Å². The van der Waals surface area contributed by atoms with Crippen molar-refractivity contribution in [3.05, 3.63) is 34.9 Å². The van der Waals surface area contributed by atoms with Crippen LogP contribution in [0, 0.1) is 12.8 Å². The van der Waals surface area contributed by atoms with Crippen LogP contribution in [-0.4, -0.2) is 43.7 Å². The van der Waals surface area contributed by atoms with E-state index in [1.54, 1.807) is 7.11 Å². The molecule has 1 aromatic carbocycles. The summed E-state index contributed by atoms with van der Waals surface area (Å²) >= 11 is 0. The summed E-state index contributed by atoms with van der Waals surface area (Å²) < 4.78 is 5.01. The van der Waals surface area contributed by atoms with Gasteiger partial charge in [-0.3, -0.25) is 4.79 Å². The normalized spacial score (nSPS) is 24.2. The van der Waals surface area contributed by atoms with Crippen LogP contribution in [-0.2, 0) is 16.0 Å². The Morgan fingerprint density at radius 3 is 2.79 bits per heavy atom. The van der Waals surface area contributed by atoms with E-state index in [0.717, 1.165) is 25.9 Å². The third-order valence-electron chi connectivity index (χ3n) is 5.53. The van der Waals surface area contributed by atoms with Crippen molar-refractivity contribution in [1.82, 2.24) is 10.2 Å². The van der Waals surface area contributed by atoms with Crippen molar-refractivity contribution < 1.29 is 9.53 Å². The van der Waals surface area contributed by atoms with Crippen molar-refractivity contribution >= 4 is 5.91 Å². The molecule has 0 spiro atoms. The van der Waals surface area contributed by atoms with Crippen LogP contribution < -0.4 is 5.32 Å². The maximum Gasteiger partial charge on any atom is 0.224 e. The Morgan fingerprint density at radius 2 is 2.08 bits per heavy atom. The highest BCUT2D eigenvalue weighted by atomic mass is 16.5. The second-order valence-corrected chi connectivity index (χ2v) is 7.43. The minimum Gasteiger partial charge on any atom is -0.384 e. The van der Waals surface area contributed by atoms with Gasteiger partial charge in [0.1, 0.15) is 0 Å². The molecule has 1 saturated heterocycles. The van der Waals surface area contributed by atoms with Gasteiger partial charge in [-0.25, -0.2) is 0 Å². The fourth-order valence-electron chi connectivity index (χ4n) is 4.11. The topological polar surface area (TPSA) is 41.6 Å². The molecule has 0 radical (unpaired) electrons. The number of nitrogens with one attached hydrogen (secondary N) is 1. The molecule has 3 rings (SSSR count). The molecule has 4 nitrogen and oxygen atoms in total. The first-order chi connectivity index (χ1) is 11.6. The summed E-state index contributed by atoms with van der Waals surface area (Å²) in [4.78, 5) is 14.1. The highest BCUT2D eigenvalue weighted by molar-refractivity contribution is 5.76. The zero-order valence-corrected chi connectivity index (χ0v) is 15.2. The van der Waals surface area contributed by atoms with E-state index in [1.807, 2.05) is 4.90 Å². The number of hydrogen-bond acceptors (Lipinski definition) is 3. The SMILES string of the molecule is COCCC(=O)N1CCC(N[C@H]2c3cc(C)ccc3C[C@H]2C)CC1. The standard InChI is InChI=1S/C20H30N2O2/c1-14-4-5-16-13-15(2)20(18(16)12-14)21-17-6-9-22(10-7-17)19(23)8-11-24-3/h4-5,12,15,17,20-21H,6-11,13H2,1-3H3/t15-,20-/m1/s1. The summed E-state index contributed by atoms with van der Waals surface area (Å²) in [7, 11) is 1.64. The number of nitrogens with zero attached hydrogens (tertiary/aromatic N) is 1. The Kier molecular flexibility index (Phi) is 5.57. The first-order valence-electron chi connectivity index (χ1n) is 9.20. The largest absolute Gasteiger partial charge is 0.384 e. The van der Waals surface area contributed by atoms with Crippen molar-refractivity contribution in [2.75, 3.05) is 26.8 Å². The van der Waals surface area contributed by atoms with Crippen molar-refractivity contribution in [1.29, 1.82) is 0 Å². The second kappa shape index (κ2) is 7.66. The van der Waals surface area contributed by atoms with E-state index in [4.69, 9.17) is 4.74 Å². The Balaban J connectivity index is 1.55. The number of carbonyl (C=O) groups excluding carboxylic acids is 1. The molecule has 1 fully saturated rings. The number of amides is 1. The monoisotopic (exact) mass is 330 g/mol. The highest BCUT2D eigenvalue weighted by Gasteiger charge is 2.32. The van der Waals surface area contributed by atoms with Gasteiger partial charge in [0.05, 0.1) is 13.0 Å². The molecule has 2 atom stereocenters. The van der Waals surface area contributed by atoms with Crippen molar-refractivity contribution in [3.8, 4) is 0 Å². The third kappa shape index (κ3) is 3.81. The van der Waals surface area contributed by atoms with Crippen LogP contribution in [0.1, 0.15) is 48.9 Å². The number of carbonyl (C=O) groups is 1.